The van der Waals surface area contributed by atoms with E-state index in [1.54, 1.807) is 19.2 Å². The first-order valence-corrected chi connectivity index (χ1v) is 19.2. The van der Waals surface area contributed by atoms with Crippen LogP contribution in [0, 0.1) is 17.3 Å². The lowest BCUT2D eigenvalue weighted by molar-refractivity contribution is -0.157. The Bertz CT molecular complexity index is 2030. The fraction of sp³-hybridized carbons (Fsp3) is 0.500. The van der Waals surface area contributed by atoms with Gasteiger partial charge in [0.05, 0.1) is 25.7 Å². The number of carbonyl (C=O) groups excluding carboxylic acids is 2. The van der Waals surface area contributed by atoms with Gasteiger partial charge in [0.15, 0.2) is 17.3 Å². The molecule has 0 saturated heterocycles. The van der Waals surface area contributed by atoms with Gasteiger partial charge in [0, 0.05) is 29.5 Å². The van der Waals surface area contributed by atoms with Crippen LogP contribution in [0.5, 0.6) is 40.2 Å². The molecule has 3 heterocycles. The second-order valence-electron chi connectivity index (χ2n) is 16.4. The molecule has 0 bridgehead atoms. The quantitative estimate of drug-likeness (QED) is 0.252. The number of esters is 1. The van der Waals surface area contributed by atoms with Crippen LogP contribution in [-0.2, 0) is 16.0 Å². The SMILES string of the molecule is CCC(=O)OC1CCC2C3CCc4cc(O)ccc4C3CCC12C.COc1cc2c(cc1OC)C1C(=O)c3c(O)cc4c(c3OC1CO2)C=CC(C)(C)O4. The number of fused-ring (bicyclic) bond motifs is 11. The molecule has 286 valence electrons. The summed E-state index contributed by atoms with van der Waals surface area (Å²) in [6.45, 7) is 8.26. The van der Waals surface area contributed by atoms with Gasteiger partial charge in [-0.25, -0.2) is 0 Å². The number of phenols is 2. The number of aryl methyl sites for hydroxylation is 1. The standard InChI is InChI=1S/C23H22O7.C21H28O3/c1-23(2)6-5-11-15(30-23)8-13(24)20-21(25)19-12-7-16(26-3)17(27-4)9-14(12)28-10-18(19)29-22(11)20;1-3-20(23)24-19-9-8-18-17-6-4-13-12-14(22)5-7-15(13)16(17)10-11-21(18,19)2/h5-9,18-19,24H,10H2,1-4H3;5,7,12,16-19,22H,3-4,6,8-11H2,1-2H3. The molecule has 0 amide bonds. The highest BCUT2D eigenvalue weighted by Crippen LogP contribution is 2.62. The van der Waals surface area contributed by atoms with E-state index in [1.807, 2.05) is 45.1 Å². The summed E-state index contributed by atoms with van der Waals surface area (Å²) in [4.78, 5) is 25.4. The predicted molar refractivity (Wildman–Crippen MR) is 201 cm³/mol. The zero-order valence-corrected chi connectivity index (χ0v) is 31.9. The lowest BCUT2D eigenvalue weighted by Crippen LogP contribution is -2.45. The second-order valence-corrected chi connectivity index (χ2v) is 16.4. The Labute approximate surface area is 316 Å². The Kier molecular flexibility index (Phi) is 9.01. The van der Waals surface area contributed by atoms with E-state index in [9.17, 15) is 19.8 Å². The Morgan fingerprint density at radius 2 is 1.72 bits per heavy atom. The minimum Gasteiger partial charge on any atom is -0.508 e. The molecule has 0 spiro atoms. The van der Waals surface area contributed by atoms with Crippen LogP contribution < -0.4 is 23.7 Å². The van der Waals surface area contributed by atoms with Crippen LogP contribution in [0.2, 0.25) is 0 Å². The molecule has 2 fully saturated rings. The molecule has 0 radical (unpaired) electrons. The number of aromatic hydroxyl groups is 2. The lowest BCUT2D eigenvalue weighted by atomic mass is 9.55. The van der Waals surface area contributed by atoms with Gasteiger partial charge < -0.3 is 38.6 Å². The molecule has 54 heavy (non-hydrogen) atoms. The molecular weight excluding hydrogens is 688 g/mol. The molecule has 3 aromatic carbocycles. The van der Waals surface area contributed by atoms with Gasteiger partial charge in [0.2, 0.25) is 0 Å². The predicted octanol–water partition coefficient (Wildman–Crippen LogP) is 8.28. The van der Waals surface area contributed by atoms with Crippen LogP contribution in [0.3, 0.4) is 0 Å². The van der Waals surface area contributed by atoms with Crippen molar-refractivity contribution in [1.29, 1.82) is 0 Å². The maximum absolute atomic E-state index is 13.6. The van der Waals surface area contributed by atoms with Gasteiger partial charge in [-0.05, 0) is 112 Å². The molecule has 10 heteroatoms. The summed E-state index contributed by atoms with van der Waals surface area (Å²) in [5, 5.41) is 20.5. The number of carbonyl (C=O) groups is 2. The highest BCUT2D eigenvalue weighted by Gasteiger charge is 2.56. The first-order valence-electron chi connectivity index (χ1n) is 19.2. The summed E-state index contributed by atoms with van der Waals surface area (Å²) in [6.07, 6.45) is 10.6. The van der Waals surface area contributed by atoms with Crippen molar-refractivity contribution in [2.45, 2.75) is 102 Å². The zero-order chi connectivity index (χ0) is 38.1. The van der Waals surface area contributed by atoms with E-state index in [2.05, 4.69) is 13.0 Å². The summed E-state index contributed by atoms with van der Waals surface area (Å²) in [6, 6.07) is 10.9. The van der Waals surface area contributed by atoms with E-state index < -0.39 is 17.6 Å². The number of benzene rings is 3. The number of Topliss-reactive ketones (excluding diaryl/α,β-unsaturated/α-hetero) is 1. The summed E-state index contributed by atoms with van der Waals surface area (Å²) < 4.78 is 34.6. The second kappa shape index (κ2) is 13.5. The minimum absolute atomic E-state index is 0.0477. The lowest BCUT2D eigenvalue weighted by Gasteiger charge is -2.50. The maximum atomic E-state index is 13.6. The third-order valence-electron chi connectivity index (χ3n) is 12.9. The summed E-state index contributed by atoms with van der Waals surface area (Å²) in [7, 11) is 3.07. The van der Waals surface area contributed by atoms with Crippen molar-refractivity contribution in [2.24, 2.45) is 17.3 Å². The summed E-state index contributed by atoms with van der Waals surface area (Å²) >= 11 is 0. The molecule has 3 aromatic rings. The van der Waals surface area contributed by atoms with Crippen molar-refractivity contribution in [3.63, 3.8) is 0 Å². The van der Waals surface area contributed by atoms with Gasteiger partial charge in [0.1, 0.15) is 58.7 Å². The number of ether oxygens (including phenoxy) is 6. The number of ketones is 1. The third-order valence-corrected chi connectivity index (χ3v) is 12.9. The van der Waals surface area contributed by atoms with Crippen LogP contribution in [0.25, 0.3) is 6.08 Å². The highest BCUT2D eigenvalue weighted by atomic mass is 16.6. The van der Waals surface area contributed by atoms with Crippen molar-refractivity contribution in [3.8, 4) is 40.2 Å². The fourth-order valence-corrected chi connectivity index (χ4v) is 10.2. The number of hydrogen-bond acceptors (Lipinski definition) is 10. The van der Waals surface area contributed by atoms with Crippen LogP contribution >= 0.6 is 0 Å². The van der Waals surface area contributed by atoms with E-state index in [-0.39, 0.29) is 41.2 Å². The molecule has 2 N–H and O–H groups in total. The van der Waals surface area contributed by atoms with Gasteiger partial charge in [-0.3, -0.25) is 9.59 Å². The molecule has 2 saturated carbocycles. The van der Waals surface area contributed by atoms with Crippen LogP contribution in [0.15, 0.2) is 42.5 Å². The Balaban J connectivity index is 0.000000157. The van der Waals surface area contributed by atoms with Crippen molar-refractivity contribution in [2.75, 3.05) is 20.8 Å². The molecule has 6 aliphatic rings. The summed E-state index contributed by atoms with van der Waals surface area (Å²) in [5.41, 5.74) is 3.88. The highest BCUT2D eigenvalue weighted by molar-refractivity contribution is 6.08. The average molecular weight is 739 g/mol. The van der Waals surface area contributed by atoms with Gasteiger partial charge in [-0.15, -0.1) is 0 Å². The first kappa shape index (κ1) is 36.1. The normalized spacial score (nSPS) is 29.0. The van der Waals surface area contributed by atoms with Gasteiger partial charge in [0.25, 0.3) is 0 Å². The Morgan fingerprint density at radius 1 is 0.944 bits per heavy atom. The minimum atomic E-state index is -0.630. The van der Waals surface area contributed by atoms with Crippen LogP contribution in [-0.4, -0.2) is 60.6 Å². The van der Waals surface area contributed by atoms with Crippen LogP contribution in [0.1, 0.15) is 111 Å². The monoisotopic (exact) mass is 738 g/mol. The first-order chi connectivity index (χ1) is 25.8. The maximum Gasteiger partial charge on any atom is 0.305 e. The molecule has 10 nitrogen and oxygen atoms in total. The number of rotatable bonds is 4. The van der Waals surface area contributed by atoms with Crippen molar-refractivity contribution < 1.29 is 48.2 Å². The van der Waals surface area contributed by atoms with E-state index in [0.717, 1.165) is 19.3 Å². The van der Waals surface area contributed by atoms with E-state index in [4.69, 9.17) is 28.4 Å². The molecular formula is C44H50O10. The number of hydrogen-bond donors (Lipinski definition) is 2. The largest absolute Gasteiger partial charge is 0.508 e. The van der Waals surface area contributed by atoms with Crippen molar-refractivity contribution in [3.05, 3.63) is 70.3 Å². The smallest absolute Gasteiger partial charge is 0.305 e. The number of phenolic OH excluding ortho intramolecular Hbond substituents is 2. The van der Waals surface area contributed by atoms with Gasteiger partial charge in [-0.1, -0.05) is 19.9 Å². The zero-order valence-electron chi connectivity index (χ0n) is 31.9. The van der Waals surface area contributed by atoms with Gasteiger partial charge >= 0.3 is 5.97 Å². The molecule has 3 aliphatic heterocycles. The average Bonchev–Trinajstić information content (AvgIpc) is 3.48. The number of methoxy groups -OCH3 is 2. The Morgan fingerprint density at radius 3 is 2.48 bits per heavy atom. The van der Waals surface area contributed by atoms with Crippen molar-refractivity contribution in [1.82, 2.24) is 0 Å². The molecule has 7 unspecified atom stereocenters. The molecule has 0 aromatic heterocycles. The summed E-state index contributed by atoms with van der Waals surface area (Å²) in [5.74, 6) is 3.66. The molecule has 9 rings (SSSR count). The van der Waals surface area contributed by atoms with E-state index in [0.29, 0.717) is 69.8 Å². The topological polar surface area (TPSA) is 130 Å². The van der Waals surface area contributed by atoms with Crippen LogP contribution in [0.4, 0.5) is 0 Å². The Hall–Kier alpha value is -4.86. The fourth-order valence-electron chi connectivity index (χ4n) is 10.2. The van der Waals surface area contributed by atoms with Crippen molar-refractivity contribution >= 4 is 17.8 Å². The van der Waals surface area contributed by atoms with E-state index in [1.165, 1.54) is 43.6 Å². The molecule has 3 aliphatic carbocycles. The third kappa shape index (κ3) is 5.93. The molecule has 7 atom stereocenters. The van der Waals surface area contributed by atoms with Gasteiger partial charge in [-0.2, -0.15) is 0 Å². The van der Waals surface area contributed by atoms with E-state index >= 15 is 0 Å².